The third-order valence-corrected chi connectivity index (χ3v) is 4.75. The number of carboxylic acid groups (broad SMARTS) is 1. The van der Waals surface area contributed by atoms with Gasteiger partial charge in [0.2, 0.25) is 5.91 Å². The van der Waals surface area contributed by atoms with E-state index in [2.05, 4.69) is 5.32 Å². The van der Waals surface area contributed by atoms with Gasteiger partial charge in [-0.15, -0.1) is 0 Å². The molecule has 0 bridgehead atoms. The molecule has 1 aliphatic heterocycles. The highest BCUT2D eigenvalue weighted by Gasteiger charge is 2.24. The van der Waals surface area contributed by atoms with Crippen molar-refractivity contribution in [3.05, 3.63) is 65.7 Å². The molecule has 4 rings (SSSR count). The quantitative estimate of drug-likeness (QED) is 0.746. The lowest BCUT2D eigenvalue weighted by atomic mass is 9.96. The molecule has 2 aromatic carbocycles. The van der Waals surface area contributed by atoms with Crippen LogP contribution in [0.4, 0.5) is 0 Å². The van der Waals surface area contributed by atoms with Gasteiger partial charge in [0.25, 0.3) is 0 Å². The first-order chi connectivity index (χ1) is 13.1. The third kappa shape index (κ3) is 3.39. The Kier molecular flexibility index (Phi) is 4.56. The Morgan fingerprint density at radius 2 is 1.85 bits per heavy atom. The summed E-state index contributed by atoms with van der Waals surface area (Å²) in [6.07, 6.45) is 0. The smallest absolute Gasteiger partial charge is 0.336 e. The molecule has 0 unspecified atom stereocenters. The molecule has 1 aromatic heterocycles. The lowest BCUT2D eigenvalue weighted by molar-refractivity contribution is -0.124. The maximum atomic E-state index is 12.2. The molecule has 6 nitrogen and oxygen atoms in total. The minimum absolute atomic E-state index is 0.0480. The van der Waals surface area contributed by atoms with E-state index in [1.165, 1.54) is 0 Å². The molecular formula is C21H19N3O3. The molecule has 0 radical (unpaired) electrons. The number of aromatic carboxylic acids is 1. The maximum Gasteiger partial charge on any atom is 0.336 e. The number of hydrogen-bond acceptors (Lipinski definition) is 4. The number of piperazine rings is 1. The molecule has 1 aliphatic rings. The zero-order valence-corrected chi connectivity index (χ0v) is 14.7. The summed E-state index contributed by atoms with van der Waals surface area (Å²) in [7, 11) is 0. The summed E-state index contributed by atoms with van der Waals surface area (Å²) < 4.78 is 0. The van der Waals surface area contributed by atoms with E-state index in [4.69, 9.17) is 4.98 Å². The number of carbonyl (C=O) groups is 2. The van der Waals surface area contributed by atoms with Crippen molar-refractivity contribution < 1.29 is 14.7 Å². The van der Waals surface area contributed by atoms with Crippen LogP contribution >= 0.6 is 0 Å². The predicted molar refractivity (Wildman–Crippen MR) is 102 cm³/mol. The van der Waals surface area contributed by atoms with Gasteiger partial charge in [0.1, 0.15) is 0 Å². The van der Waals surface area contributed by atoms with Gasteiger partial charge >= 0.3 is 5.97 Å². The molecule has 136 valence electrons. The molecule has 0 spiro atoms. The number of rotatable bonds is 4. The Morgan fingerprint density at radius 1 is 1.11 bits per heavy atom. The highest BCUT2D eigenvalue weighted by atomic mass is 16.4. The van der Waals surface area contributed by atoms with Crippen molar-refractivity contribution in [1.29, 1.82) is 0 Å². The number of carboxylic acids is 1. The minimum Gasteiger partial charge on any atom is -0.478 e. The molecule has 0 saturated carbocycles. The first kappa shape index (κ1) is 17.2. The van der Waals surface area contributed by atoms with Crippen molar-refractivity contribution in [3.63, 3.8) is 0 Å². The average molecular weight is 361 g/mol. The van der Waals surface area contributed by atoms with Crippen LogP contribution in [0.2, 0.25) is 0 Å². The van der Waals surface area contributed by atoms with E-state index in [9.17, 15) is 14.7 Å². The van der Waals surface area contributed by atoms with E-state index in [0.717, 1.165) is 5.56 Å². The van der Waals surface area contributed by atoms with E-state index in [1.54, 1.807) is 6.07 Å². The number of aromatic nitrogens is 1. The molecule has 6 heteroatoms. The second kappa shape index (κ2) is 7.17. The van der Waals surface area contributed by atoms with Crippen LogP contribution in [-0.2, 0) is 11.3 Å². The second-order valence-corrected chi connectivity index (χ2v) is 6.56. The van der Waals surface area contributed by atoms with Gasteiger partial charge in [-0.3, -0.25) is 9.69 Å². The Morgan fingerprint density at radius 3 is 2.59 bits per heavy atom. The van der Waals surface area contributed by atoms with Gasteiger partial charge in [-0.2, -0.15) is 0 Å². The van der Waals surface area contributed by atoms with Gasteiger partial charge in [0.15, 0.2) is 0 Å². The largest absolute Gasteiger partial charge is 0.478 e. The van der Waals surface area contributed by atoms with Gasteiger partial charge in [-0.25, -0.2) is 9.78 Å². The molecule has 27 heavy (non-hydrogen) atoms. The lowest BCUT2D eigenvalue weighted by Gasteiger charge is -2.28. The van der Waals surface area contributed by atoms with Gasteiger partial charge in [0.05, 0.1) is 23.3 Å². The first-order valence-electron chi connectivity index (χ1n) is 8.83. The number of para-hydroxylation sites is 1. The standard InChI is InChI=1S/C21H19N3O3/c25-18-13-24(11-10-22-18)12-16-19(21(26)27)15-8-4-5-9-17(15)23-20(16)14-6-2-1-3-7-14/h1-9H,10-13H2,(H,22,25)(H,26,27). The fourth-order valence-corrected chi connectivity index (χ4v) is 3.53. The van der Waals surface area contributed by atoms with E-state index in [1.807, 2.05) is 53.4 Å². The number of amides is 1. The Bertz CT molecular complexity index is 1020. The molecule has 2 N–H and O–H groups in total. The summed E-state index contributed by atoms with van der Waals surface area (Å²) >= 11 is 0. The number of nitrogens with one attached hydrogen (secondary N) is 1. The van der Waals surface area contributed by atoms with Crippen LogP contribution in [0.15, 0.2) is 54.6 Å². The summed E-state index contributed by atoms with van der Waals surface area (Å²) in [5, 5.41) is 13.4. The topological polar surface area (TPSA) is 82.5 Å². The third-order valence-electron chi connectivity index (χ3n) is 4.75. The Labute approximate surface area is 156 Å². The molecular weight excluding hydrogens is 342 g/mol. The number of fused-ring (bicyclic) bond motifs is 1. The number of nitrogens with zero attached hydrogens (tertiary/aromatic N) is 2. The Hall–Kier alpha value is -3.25. The number of benzene rings is 2. The monoisotopic (exact) mass is 361 g/mol. The summed E-state index contributed by atoms with van der Waals surface area (Å²) in [6.45, 7) is 1.84. The lowest BCUT2D eigenvalue weighted by Crippen LogP contribution is -2.47. The fraction of sp³-hybridized carbons (Fsp3) is 0.190. The number of hydrogen-bond donors (Lipinski definition) is 2. The SMILES string of the molecule is O=C1CN(Cc2c(-c3ccccc3)nc3ccccc3c2C(=O)O)CCN1. The highest BCUT2D eigenvalue weighted by molar-refractivity contribution is 6.05. The molecule has 0 atom stereocenters. The van der Waals surface area contributed by atoms with E-state index < -0.39 is 5.97 Å². The summed E-state index contributed by atoms with van der Waals surface area (Å²) in [6, 6.07) is 16.9. The first-order valence-corrected chi connectivity index (χ1v) is 8.83. The van der Waals surface area contributed by atoms with Crippen LogP contribution in [0.3, 0.4) is 0 Å². The molecule has 3 aromatic rings. The van der Waals surface area contributed by atoms with Crippen molar-refractivity contribution in [3.8, 4) is 11.3 Å². The number of pyridine rings is 1. The van der Waals surface area contributed by atoms with E-state index in [0.29, 0.717) is 41.8 Å². The molecule has 1 amide bonds. The van der Waals surface area contributed by atoms with Crippen LogP contribution in [0.25, 0.3) is 22.2 Å². The van der Waals surface area contributed by atoms with Crippen molar-refractivity contribution >= 4 is 22.8 Å². The van der Waals surface area contributed by atoms with Crippen LogP contribution in [0.5, 0.6) is 0 Å². The molecule has 2 heterocycles. The van der Waals surface area contributed by atoms with Crippen LogP contribution in [-0.4, -0.2) is 46.5 Å². The van der Waals surface area contributed by atoms with Crippen molar-refractivity contribution in [2.75, 3.05) is 19.6 Å². The normalized spacial score (nSPS) is 14.9. The van der Waals surface area contributed by atoms with Crippen LogP contribution in [0, 0.1) is 0 Å². The maximum absolute atomic E-state index is 12.2. The zero-order valence-electron chi connectivity index (χ0n) is 14.7. The van der Waals surface area contributed by atoms with Crippen LogP contribution < -0.4 is 5.32 Å². The summed E-state index contributed by atoms with van der Waals surface area (Å²) in [5.41, 5.74) is 3.06. The second-order valence-electron chi connectivity index (χ2n) is 6.56. The molecule has 1 saturated heterocycles. The zero-order chi connectivity index (χ0) is 18.8. The summed E-state index contributed by atoms with van der Waals surface area (Å²) in [4.78, 5) is 30.7. The van der Waals surface area contributed by atoms with Crippen molar-refractivity contribution in [2.45, 2.75) is 6.54 Å². The van der Waals surface area contributed by atoms with Gasteiger partial charge in [-0.1, -0.05) is 48.5 Å². The van der Waals surface area contributed by atoms with E-state index in [-0.39, 0.29) is 18.0 Å². The van der Waals surface area contributed by atoms with Gasteiger partial charge < -0.3 is 10.4 Å². The average Bonchev–Trinajstić information content (AvgIpc) is 2.68. The minimum atomic E-state index is -0.984. The molecule has 0 aliphatic carbocycles. The van der Waals surface area contributed by atoms with Crippen molar-refractivity contribution in [2.24, 2.45) is 0 Å². The molecule has 1 fully saturated rings. The van der Waals surface area contributed by atoms with Crippen molar-refractivity contribution in [1.82, 2.24) is 15.2 Å². The van der Waals surface area contributed by atoms with Gasteiger partial charge in [0, 0.05) is 36.1 Å². The fourth-order valence-electron chi connectivity index (χ4n) is 3.53. The number of carbonyl (C=O) groups excluding carboxylic acids is 1. The summed E-state index contributed by atoms with van der Waals surface area (Å²) in [5.74, 6) is -1.03. The highest BCUT2D eigenvalue weighted by Crippen LogP contribution is 2.31. The van der Waals surface area contributed by atoms with Gasteiger partial charge in [-0.05, 0) is 6.07 Å². The predicted octanol–water partition coefficient (Wildman–Crippen LogP) is 2.53. The van der Waals surface area contributed by atoms with Crippen LogP contribution in [0.1, 0.15) is 15.9 Å². The Balaban J connectivity index is 1.93. The van der Waals surface area contributed by atoms with E-state index >= 15 is 0 Å².